The Morgan fingerprint density at radius 2 is 2.00 bits per heavy atom. The van der Waals surface area contributed by atoms with E-state index >= 15 is 0 Å². The molecule has 1 heterocycles. The molecule has 6 heteroatoms. The summed E-state index contributed by atoms with van der Waals surface area (Å²) in [4.78, 5) is 30.0. The molecule has 0 unspecified atom stereocenters. The lowest BCUT2D eigenvalue weighted by Crippen LogP contribution is -2.35. The lowest BCUT2D eigenvalue weighted by atomic mass is 10.1. The van der Waals surface area contributed by atoms with Crippen LogP contribution >= 0.6 is 0 Å². The third-order valence-corrected chi connectivity index (χ3v) is 3.85. The van der Waals surface area contributed by atoms with Gasteiger partial charge in [0.05, 0.1) is 25.8 Å². The van der Waals surface area contributed by atoms with Gasteiger partial charge in [-0.05, 0) is 18.9 Å². The molecule has 2 aromatic rings. The summed E-state index contributed by atoms with van der Waals surface area (Å²) in [5, 5.41) is 0. The Morgan fingerprint density at radius 1 is 1.20 bits per heavy atom. The van der Waals surface area contributed by atoms with Crippen LogP contribution in [-0.2, 0) is 27.3 Å². The van der Waals surface area contributed by atoms with Gasteiger partial charge < -0.3 is 14.2 Å². The first-order chi connectivity index (χ1) is 12.2. The monoisotopic (exact) mass is 343 g/mol. The third kappa shape index (κ3) is 6.79. The maximum atomic E-state index is 12.6. The zero-order valence-electron chi connectivity index (χ0n) is 14.6. The lowest BCUT2D eigenvalue weighted by Gasteiger charge is -2.22. The molecule has 0 atom stereocenters. The standard InChI is InChI=1S/C19H25N3O3/c1-2-25-19(24)9-13-22(12-6-11-21-14-10-20-16-21)18(23)15-17-7-4-3-5-8-17/h3-5,7-8,10,14,16H,2,6,9,11-13,15H2,1H3. The number of carbonyl (C=O) groups excluding carboxylic acids is 2. The zero-order valence-corrected chi connectivity index (χ0v) is 14.6. The van der Waals surface area contributed by atoms with Crippen molar-refractivity contribution in [1.29, 1.82) is 0 Å². The van der Waals surface area contributed by atoms with Crippen LogP contribution in [0.4, 0.5) is 0 Å². The van der Waals surface area contributed by atoms with E-state index in [-0.39, 0.29) is 18.3 Å². The first-order valence-corrected chi connectivity index (χ1v) is 8.62. The van der Waals surface area contributed by atoms with Gasteiger partial charge in [0.15, 0.2) is 0 Å². The molecular formula is C19H25N3O3. The summed E-state index contributed by atoms with van der Waals surface area (Å²) in [7, 11) is 0. The van der Waals surface area contributed by atoms with Crippen LogP contribution in [0.15, 0.2) is 49.1 Å². The van der Waals surface area contributed by atoms with Gasteiger partial charge in [-0.25, -0.2) is 4.98 Å². The number of aromatic nitrogens is 2. The summed E-state index contributed by atoms with van der Waals surface area (Å²) in [6.45, 7) is 3.91. The first kappa shape index (κ1) is 18.7. The largest absolute Gasteiger partial charge is 0.466 e. The van der Waals surface area contributed by atoms with Crippen LogP contribution in [0.25, 0.3) is 0 Å². The maximum absolute atomic E-state index is 12.6. The summed E-state index contributed by atoms with van der Waals surface area (Å²) in [6.07, 6.45) is 6.76. The minimum absolute atomic E-state index is 0.0288. The molecule has 0 aliphatic carbocycles. The van der Waals surface area contributed by atoms with Gasteiger partial charge in [0.25, 0.3) is 0 Å². The van der Waals surface area contributed by atoms with E-state index in [1.807, 2.05) is 41.1 Å². The number of imidazole rings is 1. The highest BCUT2D eigenvalue weighted by Gasteiger charge is 2.15. The number of esters is 1. The summed E-state index contributed by atoms with van der Waals surface area (Å²) in [5.74, 6) is -0.240. The smallest absolute Gasteiger partial charge is 0.307 e. The Bertz CT molecular complexity index is 641. The second-order valence-electron chi connectivity index (χ2n) is 5.75. The van der Waals surface area contributed by atoms with E-state index < -0.39 is 0 Å². The van der Waals surface area contributed by atoms with E-state index in [0.29, 0.717) is 26.1 Å². The minimum Gasteiger partial charge on any atom is -0.466 e. The summed E-state index contributed by atoms with van der Waals surface area (Å²) >= 11 is 0. The molecule has 1 aromatic carbocycles. The molecule has 6 nitrogen and oxygen atoms in total. The fraction of sp³-hybridized carbons (Fsp3) is 0.421. The normalized spacial score (nSPS) is 10.4. The molecule has 2 rings (SSSR count). The lowest BCUT2D eigenvalue weighted by molar-refractivity contribution is -0.144. The Hall–Kier alpha value is -2.63. The Labute approximate surface area is 148 Å². The van der Waals surface area contributed by atoms with Gasteiger partial charge in [0.1, 0.15) is 0 Å². The average molecular weight is 343 g/mol. The number of amides is 1. The number of aryl methyl sites for hydroxylation is 1. The van der Waals surface area contributed by atoms with Crippen molar-refractivity contribution >= 4 is 11.9 Å². The van der Waals surface area contributed by atoms with E-state index in [0.717, 1.165) is 18.5 Å². The third-order valence-electron chi connectivity index (χ3n) is 3.85. The van der Waals surface area contributed by atoms with Crippen LogP contribution in [-0.4, -0.2) is 46.0 Å². The first-order valence-electron chi connectivity index (χ1n) is 8.62. The number of nitrogens with zero attached hydrogens (tertiary/aromatic N) is 3. The molecule has 0 N–H and O–H groups in total. The molecule has 0 aliphatic rings. The molecule has 1 aromatic heterocycles. The van der Waals surface area contributed by atoms with Crippen LogP contribution in [0.1, 0.15) is 25.3 Å². The Morgan fingerprint density at radius 3 is 2.68 bits per heavy atom. The van der Waals surface area contributed by atoms with E-state index in [1.165, 1.54) is 0 Å². The highest BCUT2D eigenvalue weighted by atomic mass is 16.5. The number of hydrogen-bond acceptors (Lipinski definition) is 4. The summed E-state index contributed by atoms with van der Waals surface area (Å²) in [5.41, 5.74) is 0.975. The van der Waals surface area contributed by atoms with Gasteiger partial charge in [0, 0.05) is 32.0 Å². The van der Waals surface area contributed by atoms with Crippen molar-refractivity contribution in [3.05, 3.63) is 54.6 Å². The van der Waals surface area contributed by atoms with Gasteiger partial charge in [0.2, 0.25) is 5.91 Å². The van der Waals surface area contributed by atoms with Crippen LogP contribution in [0.3, 0.4) is 0 Å². The quantitative estimate of drug-likeness (QED) is 0.621. The van der Waals surface area contributed by atoms with Crippen molar-refractivity contribution in [2.24, 2.45) is 0 Å². The predicted molar refractivity (Wildman–Crippen MR) is 94.8 cm³/mol. The van der Waals surface area contributed by atoms with Crippen molar-refractivity contribution < 1.29 is 14.3 Å². The highest BCUT2D eigenvalue weighted by molar-refractivity contribution is 5.79. The van der Waals surface area contributed by atoms with Gasteiger partial charge in [-0.3, -0.25) is 9.59 Å². The van der Waals surface area contributed by atoms with Crippen LogP contribution < -0.4 is 0 Å². The van der Waals surface area contributed by atoms with Gasteiger partial charge in [-0.2, -0.15) is 0 Å². The molecule has 0 aliphatic heterocycles. The fourth-order valence-corrected chi connectivity index (χ4v) is 2.57. The Balaban J connectivity index is 1.89. The second-order valence-corrected chi connectivity index (χ2v) is 5.75. The number of ether oxygens (including phenoxy) is 1. The highest BCUT2D eigenvalue weighted by Crippen LogP contribution is 2.06. The van der Waals surface area contributed by atoms with E-state index in [9.17, 15) is 9.59 Å². The minimum atomic E-state index is -0.269. The van der Waals surface area contributed by atoms with Gasteiger partial charge in [-0.1, -0.05) is 30.3 Å². The topological polar surface area (TPSA) is 64.4 Å². The van der Waals surface area contributed by atoms with E-state index in [1.54, 1.807) is 24.3 Å². The number of rotatable bonds is 10. The van der Waals surface area contributed by atoms with Crippen LogP contribution in [0.2, 0.25) is 0 Å². The van der Waals surface area contributed by atoms with Gasteiger partial charge in [-0.15, -0.1) is 0 Å². The maximum Gasteiger partial charge on any atom is 0.307 e. The van der Waals surface area contributed by atoms with E-state index in [4.69, 9.17) is 4.74 Å². The molecule has 134 valence electrons. The predicted octanol–water partition coefficient (Wildman–Crippen LogP) is 2.30. The van der Waals surface area contributed by atoms with E-state index in [2.05, 4.69) is 4.98 Å². The molecule has 25 heavy (non-hydrogen) atoms. The molecule has 0 fully saturated rings. The summed E-state index contributed by atoms with van der Waals surface area (Å²) in [6, 6.07) is 9.65. The second kappa shape index (κ2) is 10.3. The Kier molecular flexibility index (Phi) is 7.69. The van der Waals surface area contributed by atoms with Crippen molar-refractivity contribution in [1.82, 2.24) is 14.5 Å². The molecule has 0 saturated carbocycles. The zero-order chi connectivity index (χ0) is 17.9. The van der Waals surface area contributed by atoms with Crippen molar-refractivity contribution in [3.63, 3.8) is 0 Å². The molecule has 0 saturated heterocycles. The average Bonchev–Trinajstić information content (AvgIpc) is 3.12. The summed E-state index contributed by atoms with van der Waals surface area (Å²) < 4.78 is 6.94. The molecular weight excluding hydrogens is 318 g/mol. The van der Waals surface area contributed by atoms with Crippen LogP contribution in [0, 0.1) is 0 Å². The molecule has 0 bridgehead atoms. The molecule has 0 radical (unpaired) electrons. The number of carbonyl (C=O) groups is 2. The van der Waals surface area contributed by atoms with Crippen molar-refractivity contribution in [2.75, 3.05) is 19.7 Å². The van der Waals surface area contributed by atoms with Crippen LogP contribution in [0.5, 0.6) is 0 Å². The van der Waals surface area contributed by atoms with Gasteiger partial charge >= 0.3 is 5.97 Å². The molecule has 1 amide bonds. The number of hydrogen-bond donors (Lipinski definition) is 0. The fourth-order valence-electron chi connectivity index (χ4n) is 2.57. The van der Waals surface area contributed by atoms with Crippen molar-refractivity contribution in [3.8, 4) is 0 Å². The number of benzene rings is 1. The SMILES string of the molecule is CCOC(=O)CCN(CCCn1ccnc1)C(=O)Cc1ccccc1. The molecule has 0 spiro atoms. The van der Waals surface area contributed by atoms with Crippen molar-refractivity contribution in [2.45, 2.75) is 32.7 Å².